The number of nitrogens with zero attached hydrogens (tertiary/aromatic N) is 4. The van der Waals surface area contributed by atoms with Crippen LogP contribution in [-0.2, 0) is 6.18 Å². The second kappa shape index (κ2) is 4.45. The summed E-state index contributed by atoms with van der Waals surface area (Å²) in [5.74, 6) is 0. The number of fused-ring (bicyclic) bond motifs is 1. The lowest BCUT2D eigenvalue weighted by Crippen LogP contribution is -2.04. The Morgan fingerprint density at radius 3 is 2.45 bits per heavy atom. The van der Waals surface area contributed by atoms with E-state index in [2.05, 4.69) is 15.1 Å². The summed E-state index contributed by atoms with van der Waals surface area (Å²) in [6.45, 7) is 0. The van der Waals surface area contributed by atoms with Gasteiger partial charge in [0.25, 0.3) is 0 Å². The molecule has 0 atom stereocenters. The number of aromatic nitrogens is 4. The van der Waals surface area contributed by atoms with Crippen molar-refractivity contribution in [2.24, 2.45) is 0 Å². The van der Waals surface area contributed by atoms with Gasteiger partial charge in [-0.05, 0) is 23.7 Å². The Bertz CT molecular complexity index is 764. The number of benzene rings is 1. The molecule has 2 heterocycles. The maximum absolute atomic E-state index is 12.5. The Balaban J connectivity index is 2.06. The largest absolute Gasteiger partial charge is 0.416 e. The monoisotopic (exact) mass is 298 g/mol. The van der Waals surface area contributed by atoms with Crippen molar-refractivity contribution in [3.63, 3.8) is 0 Å². The fraction of sp³-hybridized carbons (Fsp3) is 0.0833. The van der Waals surface area contributed by atoms with Gasteiger partial charge >= 0.3 is 6.18 Å². The highest BCUT2D eigenvalue weighted by atomic mass is 35.5. The Kier molecular flexibility index (Phi) is 2.86. The molecule has 2 aromatic heterocycles. The van der Waals surface area contributed by atoms with E-state index in [-0.39, 0.29) is 5.28 Å². The first-order valence-corrected chi connectivity index (χ1v) is 5.87. The summed E-state index contributed by atoms with van der Waals surface area (Å²) in [5, 5.41) is 3.95. The highest BCUT2D eigenvalue weighted by Crippen LogP contribution is 2.30. The van der Waals surface area contributed by atoms with Crippen LogP contribution in [0.3, 0.4) is 0 Å². The molecule has 0 radical (unpaired) electrons. The van der Waals surface area contributed by atoms with E-state index in [1.807, 2.05) is 0 Å². The van der Waals surface area contributed by atoms with E-state index in [9.17, 15) is 13.2 Å². The fourth-order valence-electron chi connectivity index (χ4n) is 1.77. The zero-order valence-corrected chi connectivity index (χ0v) is 10.5. The Hall–Kier alpha value is -2.15. The Labute approximate surface area is 115 Å². The molecule has 3 aromatic rings. The maximum Gasteiger partial charge on any atom is 0.416 e. The average Bonchev–Trinajstić information content (AvgIpc) is 2.86. The molecule has 3 rings (SSSR count). The molecular formula is C12H6ClF3N4. The molecule has 0 aliphatic carbocycles. The normalized spacial score (nSPS) is 12.0. The molecule has 0 unspecified atom stereocenters. The maximum atomic E-state index is 12.5. The molecule has 0 aliphatic rings. The molecule has 102 valence electrons. The zero-order valence-electron chi connectivity index (χ0n) is 9.76. The predicted octanol–water partition coefficient (Wildman–Crippen LogP) is 3.46. The Morgan fingerprint density at radius 2 is 1.80 bits per heavy atom. The smallest absolute Gasteiger partial charge is 0.218 e. The van der Waals surface area contributed by atoms with E-state index in [1.165, 1.54) is 23.0 Å². The van der Waals surface area contributed by atoms with Gasteiger partial charge < -0.3 is 0 Å². The van der Waals surface area contributed by atoms with Crippen LogP contribution in [0.2, 0.25) is 5.28 Å². The van der Waals surface area contributed by atoms with Crippen molar-refractivity contribution < 1.29 is 13.2 Å². The van der Waals surface area contributed by atoms with Crippen molar-refractivity contribution >= 4 is 17.2 Å². The molecule has 0 spiro atoms. The van der Waals surface area contributed by atoms with Gasteiger partial charge in [-0.1, -0.05) is 12.1 Å². The third-order valence-electron chi connectivity index (χ3n) is 2.74. The van der Waals surface area contributed by atoms with Crippen LogP contribution < -0.4 is 0 Å². The number of alkyl halides is 3. The second-order valence-corrected chi connectivity index (χ2v) is 4.35. The standard InChI is InChI=1S/C12H6ClF3N4/c13-11-19-9(5-10-17-6-18-20(10)11)7-1-3-8(4-2-7)12(14,15)16/h1-6H. The van der Waals surface area contributed by atoms with Crippen LogP contribution in [0.25, 0.3) is 16.9 Å². The van der Waals surface area contributed by atoms with Crippen molar-refractivity contribution in [1.82, 2.24) is 19.6 Å². The third-order valence-corrected chi connectivity index (χ3v) is 2.98. The molecule has 0 amide bonds. The summed E-state index contributed by atoms with van der Waals surface area (Å²) < 4.78 is 38.8. The highest BCUT2D eigenvalue weighted by Gasteiger charge is 2.30. The van der Waals surface area contributed by atoms with Gasteiger partial charge in [-0.3, -0.25) is 0 Å². The second-order valence-electron chi connectivity index (χ2n) is 4.02. The van der Waals surface area contributed by atoms with Gasteiger partial charge in [0.1, 0.15) is 6.33 Å². The van der Waals surface area contributed by atoms with E-state index >= 15 is 0 Å². The molecule has 20 heavy (non-hydrogen) atoms. The number of hydrogen-bond donors (Lipinski definition) is 0. The minimum Gasteiger partial charge on any atom is -0.218 e. The summed E-state index contributed by atoms with van der Waals surface area (Å²) in [6, 6.07) is 6.28. The van der Waals surface area contributed by atoms with Gasteiger partial charge in [0, 0.05) is 11.6 Å². The minimum absolute atomic E-state index is 0.0925. The number of hydrogen-bond acceptors (Lipinski definition) is 3. The van der Waals surface area contributed by atoms with E-state index in [1.54, 1.807) is 6.07 Å². The molecule has 0 fully saturated rings. The summed E-state index contributed by atoms with van der Waals surface area (Å²) in [4.78, 5) is 8.05. The fourth-order valence-corrected chi connectivity index (χ4v) is 1.99. The summed E-state index contributed by atoms with van der Waals surface area (Å²) in [6.07, 6.45) is -3.04. The number of halogens is 4. The Morgan fingerprint density at radius 1 is 1.10 bits per heavy atom. The average molecular weight is 299 g/mol. The first-order chi connectivity index (χ1) is 9.45. The van der Waals surface area contributed by atoms with Gasteiger partial charge in [-0.2, -0.15) is 22.8 Å². The van der Waals surface area contributed by atoms with Crippen molar-refractivity contribution in [3.05, 3.63) is 47.5 Å². The van der Waals surface area contributed by atoms with Crippen LogP contribution in [0.5, 0.6) is 0 Å². The van der Waals surface area contributed by atoms with E-state index in [0.29, 0.717) is 16.9 Å². The van der Waals surface area contributed by atoms with Crippen LogP contribution >= 0.6 is 11.6 Å². The molecule has 0 bridgehead atoms. The summed E-state index contributed by atoms with van der Waals surface area (Å²) >= 11 is 5.93. The quantitative estimate of drug-likeness (QED) is 0.646. The predicted molar refractivity (Wildman–Crippen MR) is 66.2 cm³/mol. The van der Waals surface area contributed by atoms with Gasteiger partial charge in [-0.25, -0.2) is 9.97 Å². The molecule has 0 aliphatic heterocycles. The van der Waals surface area contributed by atoms with Crippen molar-refractivity contribution in [1.29, 1.82) is 0 Å². The van der Waals surface area contributed by atoms with Crippen molar-refractivity contribution in [3.8, 4) is 11.3 Å². The number of rotatable bonds is 1. The molecule has 8 heteroatoms. The topological polar surface area (TPSA) is 43.1 Å². The van der Waals surface area contributed by atoms with E-state index < -0.39 is 11.7 Å². The van der Waals surface area contributed by atoms with Crippen molar-refractivity contribution in [2.45, 2.75) is 6.18 Å². The third kappa shape index (κ3) is 2.20. The van der Waals surface area contributed by atoms with Gasteiger partial charge in [0.2, 0.25) is 5.28 Å². The minimum atomic E-state index is -4.36. The van der Waals surface area contributed by atoms with E-state index in [4.69, 9.17) is 11.6 Å². The lowest BCUT2D eigenvalue weighted by Gasteiger charge is -2.07. The van der Waals surface area contributed by atoms with Crippen LogP contribution in [0.1, 0.15) is 5.56 Å². The van der Waals surface area contributed by atoms with E-state index in [0.717, 1.165) is 12.1 Å². The first-order valence-electron chi connectivity index (χ1n) is 5.49. The lowest BCUT2D eigenvalue weighted by molar-refractivity contribution is -0.137. The summed E-state index contributed by atoms with van der Waals surface area (Å²) in [7, 11) is 0. The summed E-state index contributed by atoms with van der Waals surface area (Å²) in [5.41, 5.74) is 0.713. The molecule has 0 N–H and O–H groups in total. The highest BCUT2D eigenvalue weighted by molar-refractivity contribution is 6.28. The van der Waals surface area contributed by atoms with Gasteiger partial charge in [0.05, 0.1) is 11.3 Å². The van der Waals surface area contributed by atoms with Crippen LogP contribution in [0.15, 0.2) is 36.7 Å². The van der Waals surface area contributed by atoms with Crippen LogP contribution in [-0.4, -0.2) is 19.6 Å². The molecule has 0 saturated carbocycles. The first kappa shape index (κ1) is 12.9. The van der Waals surface area contributed by atoms with Crippen molar-refractivity contribution in [2.75, 3.05) is 0 Å². The molecule has 1 aromatic carbocycles. The van der Waals surface area contributed by atoms with Gasteiger partial charge in [-0.15, -0.1) is 0 Å². The zero-order chi connectivity index (χ0) is 14.3. The molecular weight excluding hydrogens is 293 g/mol. The SMILES string of the molecule is FC(F)(F)c1ccc(-c2cc3ncnn3c(Cl)n2)cc1. The van der Waals surface area contributed by atoms with Gasteiger partial charge in [0.15, 0.2) is 5.65 Å². The van der Waals surface area contributed by atoms with Crippen LogP contribution in [0, 0.1) is 0 Å². The lowest BCUT2D eigenvalue weighted by atomic mass is 10.1. The molecule has 4 nitrogen and oxygen atoms in total. The molecule has 0 saturated heterocycles. The van der Waals surface area contributed by atoms with Crippen LogP contribution in [0.4, 0.5) is 13.2 Å².